The quantitative estimate of drug-likeness (QED) is 0.854. The van der Waals surface area contributed by atoms with E-state index in [-0.39, 0.29) is 12.1 Å². The van der Waals surface area contributed by atoms with Crippen molar-refractivity contribution in [3.8, 4) is 0 Å². The highest BCUT2D eigenvalue weighted by Crippen LogP contribution is 2.37. The first-order valence-corrected chi connectivity index (χ1v) is 6.55. The number of anilines is 2. The van der Waals surface area contributed by atoms with Gasteiger partial charge in [0.1, 0.15) is 0 Å². The van der Waals surface area contributed by atoms with Gasteiger partial charge in [0.15, 0.2) is 0 Å². The molecule has 0 aromatic heterocycles. The van der Waals surface area contributed by atoms with E-state index in [2.05, 4.69) is 18.3 Å². The van der Waals surface area contributed by atoms with Crippen molar-refractivity contribution < 1.29 is 4.79 Å². The minimum atomic E-state index is -0.0586. The van der Waals surface area contributed by atoms with Gasteiger partial charge < -0.3 is 5.32 Å². The van der Waals surface area contributed by atoms with Crippen LogP contribution < -0.4 is 10.2 Å². The van der Waals surface area contributed by atoms with Crippen LogP contribution in [0.2, 0.25) is 0 Å². The van der Waals surface area contributed by atoms with Crippen molar-refractivity contribution in [2.45, 2.75) is 19.4 Å². The first-order valence-electron chi connectivity index (χ1n) is 6.55. The number of hydrogen-bond donors (Lipinski definition) is 1. The summed E-state index contributed by atoms with van der Waals surface area (Å²) in [6.45, 7) is 2.11. The van der Waals surface area contributed by atoms with E-state index in [1.54, 1.807) is 0 Å². The molecule has 1 heterocycles. The molecule has 1 unspecified atom stereocenters. The third-order valence-electron chi connectivity index (χ3n) is 3.51. The second-order valence-electron chi connectivity index (χ2n) is 4.65. The van der Waals surface area contributed by atoms with E-state index in [0.717, 1.165) is 17.8 Å². The lowest BCUT2D eigenvalue weighted by Gasteiger charge is -2.37. The molecule has 2 aromatic carbocycles. The van der Waals surface area contributed by atoms with Crippen molar-refractivity contribution >= 4 is 17.4 Å². The Hall–Kier alpha value is -2.29. The maximum Gasteiger partial charge on any atom is 0.326 e. The van der Waals surface area contributed by atoms with Gasteiger partial charge in [-0.1, -0.05) is 43.3 Å². The Morgan fingerprint density at radius 2 is 1.74 bits per heavy atom. The van der Waals surface area contributed by atoms with Gasteiger partial charge in [-0.2, -0.15) is 0 Å². The number of urea groups is 1. The molecular formula is C16H16N2O. The molecule has 3 nitrogen and oxygen atoms in total. The monoisotopic (exact) mass is 252 g/mol. The number of carbonyl (C=O) groups excluding carboxylic acids is 1. The Balaban J connectivity index is 2.09. The largest absolute Gasteiger partial charge is 0.326 e. The number of para-hydroxylation sites is 2. The lowest BCUT2D eigenvalue weighted by molar-refractivity contribution is 0.253. The van der Waals surface area contributed by atoms with Crippen LogP contribution in [-0.4, -0.2) is 6.03 Å². The van der Waals surface area contributed by atoms with E-state index < -0.39 is 0 Å². The number of rotatable bonds is 2. The first kappa shape index (κ1) is 11.8. The Morgan fingerprint density at radius 3 is 2.47 bits per heavy atom. The van der Waals surface area contributed by atoms with Gasteiger partial charge >= 0.3 is 6.03 Å². The lowest BCUT2D eigenvalue weighted by atomic mass is 9.98. The molecule has 1 N–H and O–H groups in total. The second kappa shape index (κ2) is 4.76. The van der Waals surface area contributed by atoms with Crippen LogP contribution in [0.1, 0.15) is 24.9 Å². The van der Waals surface area contributed by atoms with Gasteiger partial charge in [-0.3, -0.25) is 4.90 Å². The number of nitrogens with zero attached hydrogens (tertiary/aromatic N) is 1. The van der Waals surface area contributed by atoms with Crippen molar-refractivity contribution in [3.63, 3.8) is 0 Å². The Kier molecular flexibility index (Phi) is 2.95. The molecule has 1 atom stereocenters. The molecule has 2 aromatic rings. The highest BCUT2D eigenvalue weighted by atomic mass is 16.2. The summed E-state index contributed by atoms with van der Waals surface area (Å²) >= 11 is 0. The molecule has 96 valence electrons. The third kappa shape index (κ3) is 1.97. The Bertz CT molecular complexity index is 595. The summed E-state index contributed by atoms with van der Waals surface area (Å²) in [4.78, 5) is 14.2. The number of nitrogens with one attached hydrogen (secondary N) is 1. The average Bonchev–Trinajstić information content (AvgIpc) is 2.46. The van der Waals surface area contributed by atoms with Crippen molar-refractivity contribution in [2.75, 3.05) is 10.2 Å². The molecular weight excluding hydrogens is 236 g/mol. The molecule has 0 bridgehead atoms. The molecule has 0 aliphatic carbocycles. The summed E-state index contributed by atoms with van der Waals surface area (Å²) in [5.74, 6) is 0. The van der Waals surface area contributed by atoms with E-state index in [9.17, 15) is 4.79 Å². The molecule has 1 aliphatic rings. The normalized spacial score (nSPS) is 17.8. The van der Waals surface area contributed by atoms with Crippen LogP contribution >= 0.6 is 0 Å². The van der Waals surface area contributed by atoms with Crippen molar-refractivity contribution in [3.05, 3.63) is 60.2 Å². The zero-order valence-corrected chi connectivity index (χ0v) is 10.8. The lowest BCUT2D eigenvalue weighted by Crippen LogP contribution is -2.42. The fourth-order valence-electron chi connectivity index (χ4n) is 2.65. The average molecular weight is 252 g/mol. The van der Waals surface area contributed by atoms with Gasteiger partial charge in [0.25, 0.3) is 0 Å². The van der Waals surface area contributed by atoms with E-state index in [1.807, 2.05) is 53.4 Å². The topological polar surface area (TPSA) is 32.3 Å². The molecule has 0 fully saturated rings. The molecule has 0 spiro atoms. The molecule has 1 aliphatic heterocycles. The smallest absolute Gasteiger partial charge is 0.307 e. The minimum absolute atomic E-state index is 0.0586. The van der Waals surface area contributed by atoms with Gasteiger partial charge in [-0.25, -0.2) is 4.79 Å². The summed E-state index contributed by atoms with van der Waals surface area (Å²) in [7, 11) is 0. The molecule has 3 rings (SSSR count). The SMILES string of the molecule is CCC1c2ccccc2NC(=O)N1c1ccccc1. The number of hydrogen-bond acceptors (Lipinski definition) is 1. The fraction of sp³-hybridized carbons (Fsp3) is 0.188. The highest BCUT2D eigenvalue weighted by molar-refractivity contribution is 6.05. The summed E-state index contributed by atoms with van der Waals surface area (Å²) in [6.07, 6.45) is 0.888. The zero-order chi connectivity index (χ0) is 13.2. The fourth-order valence-corrected chi connectivity index (χ4v) is 2.65. The van der Waals surface area contributed by atoms with Crippen molar-refractivity contribution in [1.82, 2.24) is 0 Å². The van der Waals surface area contributed by atoms with Gasteiger partial charge in [0.05, 0.1) is 6.04 Å². The maximum absolute atomic E-state index is 12.3. The summed E-state index contributed by atoms with van der Waals surface area (Å²) in [6, 6.07) is 17.8. The summed E-state index contributed by atoms with van der Waals surface area (Å²) in [5, 5.41) is 2.96. The van der Waals surface area contributed by atoms with Gasteiger partial charge in [0, 0.05) is 11.4 Å². The van der Waals surface area contributed by atoms with Crippen molar-refractivity contribution in [1.29, 1.82) is 0 Å². The first-order chi connectivity index (χ1) is 9.31. The molecule has 19 heavy (non-hydrogen) atoms. The highest BCUT2D eigenvalue weighted by Gasteiger charge is 2.31. The van der Waals surface area contributed by atoms with Gasteiger partial charge in [-0.15, -0.1) is 0 Å². The predicted octanol–water partition coefficient (Wildman–Crippen LogP) is 4.19. The summed E-state index contributed by atoms with van der Waals surface area (Å²) < 4.78 is 0. The van der Waals surface area contributed by atoms with Crippen LogP contribution in [0.3, 0.4) is 0 Å². The standard InChI is InChI=1S/C16H16N2O/c1-2-15-13-10-6-7-11-14(13)17-16(19)18(15)12-8-4-3-5-9-12/h3-11,15H,2H2,1H3,(H,17,19). The molecule has 2 amide bonds. The van der Waals surface area contributed by atoms with Crippen molar-refractivity contribution in [2.24, 2.45) is 0 Å². The van der Waals surface area contributed by atoms with Crippen LogP contribution in [0.15, 0.2) is 54.6 Å². The van der Waals surface area contributed by atoms with Crippen LogP contribution in [0.25, 0.3) is 0 Å². The van der Waals surface area contributed by atoms with E-state index in [0.29, 0.717) is 0 Å². The zero-order valence-electron chi connectivity index (χ0n) is 10.8. The van der Waals surface area contributed by atoms with Gasteiger partial charge in [0.2, 0.25) is 0 Å². The molecule has 0 radical (unpaired) electrons. The van der Waals surface area contributed by atoms with Gasteiger partial charge in [-0.05, 0) is 30.2 Å². The van der Waals surface area contributed by atoms with Crippen LogP contribution in [0.4, 0.5) is 16.2 Å². The number of benzene rings is 2. The summed E-state index contributed by atoms with van der Waals surface area (Å²) in [5.41, 5.74) is 3.03. The molecule has 0 saturated carbocycles. The Labute approximate surface area is 112 Å². The number of fused-ring (bicyclic) bond motifs is 1. The second-order valence-corrected chi connectivity index (χ2v) is 4.65. The third-order valence-corrected chi connectivity index (χ3v) is 3.51. The van der Waals surface area contributed by atoms with Crippen LogP contribution in [-0.2, 0) is 0 Å². The van der Waals surface area contributed by atoms with E-state index in [4.69, 9.17) is 0 Å². The number of amides is 2. The molecule has 0 saturated heterocycles. The maximum atomic E-state index is 12.3. The van der Waals surface area contributed by atoms with E-state index in [1.165, 1.54) is 5.56 Å². The van der Waals surface area contributed by atoms with E-state index >= 15 is 0 Å². The number of carbonyl (C=O) groups is 1. The van der Waals surface area contributed by atoms with Crippen LogP contribution in [0.5, 0.6) is 0 Å². The predicted molar refractivity (Wildman–Crippen MR) is 77.4 cm³/mol. The minimum Gasteiger partial charge on any atom is -0.307 e. The molecule has 3 heteroatoms. The van der Waals surface area contributed by atoms with Crippen LogP contribution in [0, 0.1) is 0 Å². The Morgan fingerprint density at radius 1 is 1.05 bits per heavy atom.